The van der Waals surface area contributed by atoms with Gasteiger partial charge in [0, 0.05) is 6.61 Å². The minimum absolute atomic E-state index is 0.0525. The molecule has 1 aromatic carbocycles. The van der Waals surface area contributed by atoms with Crippen molar-refractivity contribution in [1.82, 2.24) is 0 Å². The molecule has 2 rings (SSSR count). The first-order valence-corrected chi connectivity index (χ1v) is 6.77. The Morgan fingerprint density at radius 2 is 2.06 bits per heavy atom. The first-order chi connectivity index (χ1) is 8.86. The first-order valence-electron chi connectivity index (χ1n) is 6.77. The van der Waals surface area contributed by atoms with Crippen LogP contribution in [0.1, 0.15) is 31.2 Å². The molecule has 0 aliphatic carbocycles. The fraction of sp³-hybridized carbons (Fsp3) is 0.600. The summed E-state index contributed by atoms with van der Waals surface area (Å²) in [6.07, 6.45) is 3.83. The summed E-state index contributed by atoms with van der Waals surface area (Å²) >= 11 is 0. The average Bonchev–Trinajstić information content (AvgIpc) is 2.69. The van der Waals surface area contributed by atoms with Crippen molar-refractivity contribution in [3.05, 3.63) is 35.9 Å². The molecular weight excluding hydrogens is 228 g/mol. The van der Waals surface area contributed by atoms with Crippen molar-refractivity contribution < 1.29 is 14.6 Å². The fourth-order valence-electron chi connectivity index (χ4n) is 2.22. The molecule has 1 aromatic rings. The zero-order chi connectivity index (χ0) is 12.6. The summed E-state index contributed by atoms with van der Waals surface area (Å²) in [5, 5.41) is 10.0. The lowest BCUT2D eigenvalue weighted by Gasteiger charge is -2.21. The molecule has 1 N–H and O–H groups in total. The quantitative estimate of drug-likeness (QED) is 0.872. The number of benzene rings is 1. The lowest BCUT2D eigenvalue weighted by molar-refractivity contribution is -0.0729. The van der Waals surface area contributed by atoms with Crippen molar-refractivity contribution in [3.63, 3.8) is 0 Å². The highest BCUT2D eigenvalue weighted by atomic mass is 16.5. The largest absolute Gasteiger partial charge is 0.388 e. The maximum Gasteiger partial charge on any atom is 0.103 e. The van der Waals surface area contributed by atoms with Gasteiger partial charge in [0.15, 0.2) is 0 Å². The van der Waals surface area contributed by atoms with Crippen LogP contribution in [-0.4, -0.2) is 30.5 Å². The third-order valence-electron chi connectivity index (χ3n) is 3.29. The maximum absolute atomic E-state index is 10.0. The minimum Gasteiger partial charge on any atom is -0.388 e. The molecule has 1 fully saturated rings. The Hall–Kier alpha value is -0.900. The highest BCUT2D eigenvalue weighted by molar-refractivity contribution is 5.13. The monoisotopic (exact) mass is 250 g/mol. The van der Waals surface area contributed by atoms with E-state index in [1.165, 1.54) is 6.42 Å². The van der Waals surface area contributed by atoms with E-state index in [4.69, 9.17) is 9.47 Å². The van der Waals surface area contributed by atoms with Crippen LogP contribution >= 0.6 is 0 Å². The van der Waals surface area contributed by atoms with E-state index in [1.807, 2.05) is 30.3 Å². The molecule has 2 atom stereocenters. The molecule has 0 radical (unpaired) electrons. The highest BCUT2D eigenvalue weighted by Crippen LogP contribution is 2.16. The number of aliphatic hydroxyl groups is 1. The Morgan fingerprint density at radius 3 is 2.89 bits per heavy atom. The molecule has 18 heavy (non-hydrogen) atoms. The van der Waals surface area contributed by atoms with Gasteiger partial charge in [-0.1, -0.05) is 43.2 Å². The van der Waals surface area contributed by atoms with Gasteiger partial charge in [-0.3, -0.25) is 0 Å². The summed E-state index contributed by atoms with van der Waals surface area (Å²) in [6, 6.07) is 10.0. The second kappa shape index (κ2) is 7.52. The molecule has 0 bridgehead atoms. The summed E-state index contributed by atoms with van der Waals surface area (Å²) in [6.45, 7) is 1.66. The van der Waals surface area contributed by atoms with Gasteiger partial charge in [0.05, 0.1) is 19.3 Å². The summed E-state index contributed by atoms with van der Waals surface area (Å²) in [4.78, 5) is 0. The van der Waals surface area contributed by atoms with Crippen molar-refractivity contribution in [2.45, 2.75) is 44.5 Å². The molecule has 0 saturated carbocycles. The summed E-state index contributed by atoms with van der Waals surface area (Å²) in [5.41, 5.74) is 1.13. The summed E-state index contributed by atoms with van der Waals surface area (Å²) < 4.78 is 11.2. The Labute approximate surface area is 109 Å². The predicted octanol–water partition coefficient (Wildman–Crippen LogP) is 2.52. The first kappa shape index (κ1) is 13.5. The van der Waals surface area contributed by atoms with Gasteiger partial charge in [0.1, 0.15) is 6.10 Å². The topological polar surface area (TPSA) is 38.7 Å². The van der Waals surface area contributed by atoms with Crippen LogP contribution in [0.25, 0.3) is 0 Å². The highest BCUT2D eigenvalue weighted by Gasteiger charge is 2.21. The Bertz CT molecular complexity index is 318. The molecule has 1 heterocycles. The molecule has 100 valence electrons. The van der Waals surface area contributed by atoms with Crippen LogP contribution in [0.5, 0.6) is 0 Å². The van der Waals surface area contributed by atoms with Gasteiger partial charge in [-0.2, -0.15) is 0 Å². The van der Waals surface area contributed by atoms with Gasteiger partial charge in [0.2, 0.25) is 0 Å². The molecule has 3 nitrogen and oxygen atoms in total. The zero-order valence-electron chi connectivity index (χ0n) is 10.8. The van der Waals surface area contributed by atoms with E-state index < -0.39 is 6.10 Å². The Balaban J connectivity index is 1.69. The van der Waals surface area contributed by atoms with Crippen LogP contribution in [-0.2, 0) is 16.1 Å². The molecule has 3 heteroatoms. The molecular formula is C15H22O3. The summed E-state index contributed by atoms with van der Waals surface area (Å²) in [7, 11) is 0. The smallest absolute Gasteiger partial charge is 0.103 e. The van der Waals surface area contributed by atoms with Crippen molar-refractivity contribution in [3.8, 4) is 0 Å². The van der Waals surface area contributed by atoms with Crippen molar-refractivity contribution in [1.29, 1.82) is 0 Å². The van der Waals surface area contributed by atoms with Gasteiger partial charge in [-0.25, -0.2) is 0 Å². The van der Waals surface area contributed by atoms with Crippen LogP contribution in [0, 0.1) is 0 Å². The van der Waals surface area contributed by atoms with E-state index in [-0.39, 0.29) is 6.10 Å². The lowest BCUT2D eigenvalue weighted by atomic mass is 10.1. The maximum atomic E-state index is 10.0. The standard InChI is InChI=1S/C15H22O3/c16-14(15-9-5-2-6-10-18-15)12-17-11-13-7-3-1-4-8-13/h1,3-4,7-8,14-16H,2,5-6,9-12H2/t14-,15+/m0/s1. The lowest BCUT2D eigenvalue weighted by Crippen LogP contribution is -2.32. The molecule has 1 aliphatic heterocycles. The van der Waals surface area contributed by atoms with E-state index in [9.17, 15) is 5.11 Å². The van der Waals surface area contributed by atoms with Crippen LogP contribution in [0.4, 0.5) is 0 Å². The molecule has 0 unspecified atom stereocenters. The van der Waals surface area contributed by atoms with E-state index in [0.29, 0.717) is 13.2 Å². The van der Waals surface area contributed by atoms with E-state index >= 15 is 0 Å². The number of ether oxygens (including phenoxy) is 2. The second-order valence-electron chi connectivity index (χ2n) is 4.83. The SMILES string of the molecule is O[C@@H](COCc1ccccc1)[C@H]1CCCCCO1. The van der Waals surface area contributed by atoms with Crippen molar-refractivity contribution in [2.24, 2.45) is 0 Å². The molecule has 1 saturated heterocycles. The van der Waals surface area contributed by atoms with Gasteiger partial charge < -0.3 is 14.6 Å². The molecule has 1 aliphatic rings. The molecule has 0 amide bonds. The minimum atomic E-state index is -0.508. The molecule has 0 spiro atoms. The van der Waals surface area contributed by atoms with Crippen molar-refractivity contribution >= 4 is 0 Å². The van der Waals surface area contributed by atoms with Gasteiger partial charge in [-0.05, 0) is 18.4 Å². The van der Waals surface area contributed by atoms with E-state index in [2.05, 4.69) is 0 Å². The Morgan fingerprint density at radius 1 is 1.22 bits per heavy atom. The fourth-order valence-corrected chi connectivity index (χ4v) is 2.22. The van der Waals surface area contributed by atoms with Gasteiger partial charge in [0.25, 0.3) is 0 Å². The summed E-state index contributed by atoms with van der Waals surface area (Å²) in [5.74, 6) is 0. The van der Waals surface area contributed by atoms with Crippen LogP contribution in [0.15, 0.2) is 30.3 Å². The normalized spacial score (nSPS) is 22.4. The average molecular weight is 250 g/mol. The number of hydrogen-bond acceptors (Lipinski definition) is 3. The third kappa shape index (κ3) is 4.41. The van der Waals surface area contributed by atoms with Crippen LogP contribution in [0.2, 0.25) is 0 Å². The van der Waals surface area contributed by atoms with E-state index in [1.54, 1.807) is 0 Å². The molecule has 0 aromatic heterocycles. The zero-order valence-corrected chi connectivity index (χ0v) is 10.8. The van der Waals surface area contributed by atoms with E-state index in [0.717, 1.165) is 31.4 Å². The number of hydrogen-bond donors (Lipinski definition) is 1. The third-order valence-corrected chi connectivity index (χ3v) is 3.29. The Kier molecular flexibility index (Phi) is 5.65. The van der Waals surface area contributed by atoms with Crippen LogP contribution in [0.3, 0.4) is 0 Å². The van der Waals surface area contributed by atoms with Gasteiger partial charge >= 0.3 is 0 Å². The number of rotatable bonds is 5. The second-order valence-corrected chi connectivity index (χ2v) is 4.83. The van der Waals surface area contributed by atoms with Gasteiger partial charge in [-0.15, -0.1) is 0 Å². The van der Waals surface area contributed by atoms with Crippen LogP contribution < -0.4 is 0 Å². The van der Waals surface area contributed by atoms with Crippen molar-refractivity contribution in [2.75, 3.05) is 13.2 Å². The number of aliphatic hydroxyl groups excluding tert-OH is 1. The predicted molar refractivity (Wildman–Crippen MR) is 70.3 cm³/mol.